The molecule has 36 heavy (non-hydrogen) atoms. The number of benzene rings is 1. The third kappa shape index (κ3) is 7.77. The van der Waals surface area contributed by atoms with E-state index in [1.54, 1.807) is 18.4 Å². The minimum absolute atomic E-state index is 0.0705. The third-order valence-corrected chi connectivity index (χ3v) is 17.6. The Morgan fingerprint density at radius 1 is 0.889 bits per heavy atom. The van der Waals surface area contributed by atoms with Crippen LogP contribution in [0.5, 0.6) is 11.5 Å². The number of hydrogen-bond acceptors (Lipinski definition) is 6. The van der Waals surface area contributed by atoms with E-state index in [9.17, 15) is 4.79 Å². The summed E-state index contributed by atoms with van der Waals surface area (Å²) in [4.78, 5) is 12.7. The van der Waals surface area contributed by atoms with E-state index in [0.717, 1.165) is 16.7 Å². The second kappa shape index (κ2) is 11.9. The van der Waals surface area contributed by atoms with Gasteiger partial charge in [-0.3, -0.25) is 4.79 Å². The lowest BCUT2D eigenvalue weighted by molar-refractivity contribution is 0.112. The molecule has 8 heteroatoms. The standard InChI is InChI=1S/C28H46O5SSi2/c1-27(2,3)35(8,9)32-19-21(20-33-36(10,11)28(4,5)6)18-31-25-16-24(30-7)22(17-29)15-23(25)26-13-12-14-34-26/h12-17,21H,18-20H2,1-11H3. The predicted molar refractivity (Wildman–Crippen MR) is 157 cm³/mol. The van der Waals surface area contributed by atoms with Crippen LogP contribution in [0.4, 0.5) is 0 Å². The van der Waals surface area contributed by atoms with Crippen molar-refractivity contribution in [3.05, 3.63) is 35.2 Å². The molecule has 5 nitrogen and oxygen atoms in total. The first-order valence-electron chi connectivity index (χ1n) is 12.6. The Hall–Kier alpha value is -1.46. The molecule has 2 rings (SSSR count). The van der Waals surface area contributed by atoms with Crippen LogP contribution in [0.25, 0.3) is 10.4 Å². The summed E-state index contributed by atoms with van der Waals surface area (Å²) in [6, 6.07) is 7.70. The van der Waals surface area contributed by atoms with Crippen LogP contribution >= 0.6 is 11.3 Å². The zero-order valence-corrected chi connectivity index (χ0v) is 26.9. The average molecular weight is 551 g/mol. The summed E-state index contributed by atoms with van der Waals surface area (Å²) in [5.41, 5.74) is 1.40. The van der Waals surface area contributed by atoms with Gasteiger partial charge in [-0.25, -0.2) is 0 Å². The average Bonchev–Trinajstić information content (AvgIpc) is 3.31. The van der Waals surface area contributed by atoms with Crippen LogP contribution in [-0.4, -0.2) is 49.9 Å². The van der Waals surface area contributed by atoms with Gasteiger partial charge in [0.2, 0.25) is 0 Å². The number of rotatable bonds is 12. The zero-order chi connectivity index (χ0) is 27.4. The Bertz CT molecular complexity index is 959. The lowest BCUT2D eigenvalue weighted by Gasteiger charge is -2.39. The monoisotopic (exact) mass is 550 g/mol. The lowest BCUT2D eigenvalue weighted by atomic mass is 10.1. The van der Waals surface area contributed by atoms with E-state index >= 15 is 0 Å². The van der Waals surface area contributed by atoms with E-state index in [4.69, 9.17) is 18.3 Å². The number of thiophene rings is 1. The SMILES string of the molecule is COc1cc(OCC(CO[Si](C)(C)C(C)(C)C)CO[Si](C)(C)C(C)(C)C)c(-c2cccs2)cc1C=O. The highest BCUT2D eigenvalue weighted by Gasteiger charge is 2.39. The summed E-state index contributed by atoms with van der Waals surface area (Å²) in [5, 5.41) is 2.28. The van der Waals surface area contributed by atoms with Gasteiger partial charge < -0.3 is 18.3 Å². The Labute approximate surface area is 224 Å². The number of carbonyl (C=O) groups excluding carboxylic acids is 1. The van der Waals surface area contributed by atoms with Crippen molar-refractivity contribution in [3.63, 3.8) is 0 Å². The number of aldehydes is 1. The summed E-state index contributed by atoms with van der Waals surface area (Å²) in [5.74, 6) is 1.28. The van der Waals surface area contributed by atoms with Crippen molar-refractivity contribution >= 4 is 34.3 Å². The van der Waals surface area contributed by atoms with Gasteiger partial charge in [0.05, 0.1) is 19.3 Å². The van der Waals surface area contributed by atoms with Crippen molar-refractivity contribution in [2.24, 2.45) is 5.92 Å². The largest absolute Gasteiger partial charge is 0.496 e. The molecule has 0 aliphatic carbocycles. The maximum atomic E-state index is 11.7. The van der Waals surface area contributed by atoms with Gasteiger partial charge in [0.15, 0.2) is 22.9 Å². The quantitative estimate of drug-likeness (QED) is 0.197. The van der Waals surface area contributed by atoms with Crippen molar-refractivity contribution in [1.29, 1.82) is 0 Å². The zero-order valence-electron chi connectivity index (χ0n) is 24.1. The molecular formula is C28H46O5SSi2. The van der Waals surface area contributed by atoms with Crippen LogP contribution < -0.4 is 9.47 Å². The summed E-state index contributed by atoms with van der Waals surface area (Å²) >= 11 is 1.61. The van der Waals surface area contributed by atoms with Crippen molar-refractivity contribution in [3.8, 4) is 21.9 Å². The molecule has 1 heterocycles. The molecule has 0 fully saturated rings. The number of hydrogen-bond donors (Lipinski definition) is 0. The minimum atomic E-state index is -1.93. The smallest absolute Gasteiger partial charge is 0.191 e. The highest BCUT2D eigenvalue weighted by Crippen LogP contribution is 2.40. The van der Waals surface area contributed by atoms with Crippen LogP contribution in [0.15, 0.2) is 29.6 Å². The van der Waals surface area contributed by atoms with Gasteiger partial charge >= 0.3 is 0 Å². The third-order valence-electron chi connectivity index (χ3n) is 7.69. The molecule has 0 bridgehead atoms. The van der Waals surface area contributed by atoms with E-state index in [1.165, 1.54) is 0 Å². The fourth-order valence-electron chi connectivity index (χ4n) is 3.03. The molecule has 0 atom stereocenters. The van der Waals surface area contributed by atoms with Crippen LogP contribution in [0.3, 0.4) is 0 Å². The highest BCUT2D eigenvalue weighted by molar-refractivity contribution is 7.13. The molecule has 2 aromatic rings. The lowest BCUT2D eigenvalue weighted by Crippen LogP contribution is -2.45. The van der Waals surface area contributed by atoms with Gasteiger partial charge in [0.1, 0.15) is 11.5 Å². The van der Waals surface area contributed by atoms with Gasteiger partial charge in [0, 0.05) is 35.6 Å². The van der Waals surface area contributed by atoms with E-state index < -0.39 is 16.6 Å². The Morgan fingerprint density at radius 2 is 1.44 bits per heavy atom. The molecule has 0 spiro atoms. The summed E-state index contributed by atoms with van der Waals surface area (Å²) in [6.45, 7) is 24.3. The molecule has 1 aromatic carbocycles. The van der Waals surface area contributed by atoms with E-state index in [1.807, 2.05) is 29.6 Å². The maximum absolute atomic E-state index is 11.7. The number of ether oxygens (including phenoxy) is 2. The molecule has 0 aliphatic rings. The van der Waals surface area contributed by atoms with Crippen molar-refractivity contribution in [2.45, 2.75) is 77.8 Å². The van der Waals surface area contributed by atoms with Gasteiger partial charge in [-0.05, 0) is 53.8 Å². The van der Waals surface area contributed by atoms with Gasteiger partial charge in [-0.1, -0.05) is 47.6 Å². The maximum Gasteiger partial charge on any atom is 0.191 e. The summed E-state index contributed by atoms with van der Waals surface area (Å²) in [6.07, 6.45) is 0.822. The molecule has 0 unspecified atom stereocenters. The molecule has 0 N–H and O–H groups in total. The molecule has 0 saturated carbocycles. The topological polar surface area (TPSA) is 54.0 Å². The number of methoxy groups -OCH3 is 1. The fourth-order valence-corrected chi connectivity index (χ4v) is 5.95. The van der Waals surface area contributed by atoms with Gasteiger partial charge in [0.25, 0.3) is 0 Å². The van der Waals surface area contributed by atoms with Crippen LogP contribution in [0.2, 0.25) is 36.3 Å². The molecule has 0 radical (unpaired) electrons. The van der Waals surface area contributed by atoms with Gasteiger partial charge in [-0.15, -0.1) is 11.3 Å². The number of carbonyl (C=O) groups is 1. The summed E-state index contributed by atoms with van der Waals surface area (Å²) < 4.78 is 25.1. The van der Waals surface area contributed by atoms with Crippen molar-refractivity contribution in [1.82, 2.24) is 0 Å². The Balaban J connectivity index is 2.31. The van der Waals surface area contributed by atoms with E-state index in [-0.39, 0.29) is 16.0 Å². The van der Waals surface area contributed by atoms with Crippen molar-refractivity contribution < 1.29 is 23.1 Å². The predicted octanol–water partition coefficient (Wildman–Crippen LogP) is 8.27. The first kappa shape index (κ1) is 30.8. The molecule has 0 saturated heterocycles. The second-order valence-electron chi connectivity index (χ2n) is 12.5. The normalized spacial score (nSPS) is 13.2. The minimum Gasteiger partial charge on any atom is -0.496 e. The Kier molecular flexibility index (Phi) is 10.2. The van der Waals surface area contributed by atoms with Crippen LogP contribution in [0.1, 0.15) is 51.9 Å². The Morgan fingerprint density at radius 3 is 1.86 bits per heavy atom. The fraction of sp³-hybridized carbons (Fsp3) is 0.607. The van der Waals surface area contributed by atoms with Crippen LogP contribution in [0, 0.1) is 5.92 Å². The van der Waals surface area contributed by atoms with Crippen molar-refractivity contribution in [2.75, 3.05) is 26.9 Å². The van der Waals surface area contributed by atoms with E-state index in [0.29, 0.717) is 36.9 Å². The molecular weight excluding hydrogens is 505 g/mol. The molecule has 0 aliphatic heterocycles. The molecule has 0 amide bonds. The highest BCUT2D eigenvalue weighted by atomic mass is 32.1. The first-order chi connectivity index (χ1) is 16.5. The van der Waals surface area contributed by atoms with Crippen LogP contribution in [-0.2, 0) is 8.85 Å². The molecule has 202 valence electrons. The second-order valence-corrected chi connectivity index (χ2v) is 23.1. The van der Waals surface area contributed by atoms with E-state index in [2.05, 4.69) is 67.7 Å². The molecule has 1 aromatic heterocycles. The summed E-state index contributed by atoms with van der Waals surface area (Å²) in [7, 11) is -2.28. The van der Waals surface area contributed by atoms with Gasteiger partial charge in [-0.2, -0.15) is 0 Å². The first-order valence-corrected chi connectivity index (χ1v) is 19.3.